The minimum Gasteiger partial charge on any atom is -0.356 e. The third-order valence-corrected chi connectivity index (χ3v) is 0.773. The third-order valence-electron chi connectivity index (χ3n) is 0.244. The Balaban J connectivity index is 2.63. The van der Waals surface area contributed by atoms with Gasteiger partial charge in [0, 0.05) is 6.61 Å². The fourth-order valence-corrected chi connectivity index (χ4v) is 0.463. The molecule has 0 aliphatic carbocycles. The first-order valence-corrected chi connectivity index (χ1v) is 3.29. The molecule has 3 heteroatoms. The van der Waals surface area contributed by atoms with Crippen molar-refractivity contribution in [2.45, 2.75) is 3.92 Å². The summed E-state index contributed by atoms with van der Waals surface area (Å²) in [6.45, 7) is 3.93. The first-order chi connectivity index (χ1) is 2.77. The Kier molecular flexibility index (Phi) is 4.72. The zero-order chi connectivity index (χ0) is 4.99. The van der Waals surface area contributed by atoms with Gasteiger partial charge in [0.15, 0.2) is 3.92 Å². The van der Waals surface area contributed by atoms with E-state index in [0.29, 0.717) is 6.61 Å². The highest BCUT2D eigenvalue weighted by Gasteiger charge is 1.88. The molecule has 1 nitrogen and oxygen atoms in total. The van der Waals surface area contributed by atoms with Crippen LogP contribution >= 0.6 is 31.9 Å². The quantitative estimate of drug-likeness (QED) is 0.641. The molecule has 0 spiro atoms. The number of rotatable bonds is 2. The SMILES string of the molecule is [CH2]COC(Br)Br. The van der Waals surface area contributed by atoms with Gasteiger partial charge in [-0.05, 0) is 38.8 Å². The monoisotopic (exact) mass is 215 g/mol. The van der Waals surface area contributed by atoms with Crippen molar-refractivity contribution < 1.29 is 4.74 Å². The molecular formula is C3H5Br2O. The van der Waals surface area contributed by atoms with Crippen LogP contribution in [0, 0.1) is 6.92 Å². The summed E-state index contributed by atoms with van der Waals surface area (Å²) in [5, 5.41) is 0. The van der Waals surface area contributed by atoms with Crippen LogP contribution in [-0.4, -0.2) is 10.5 Å². The van der Waals surface area contributed by atoms with Crippen molar-refractivity contribution in [1.82, 2.24) is 0 Å². The maximum absolute atomic E-state index is 4.76. The Morgan fingerprint density at radius 2 is 2.17 bits per heavy atom. The number of alkyl halides is 2. The molecule has 0 saturated heterocycles. The highest BCUT2D eigenvalue weighted by Crippen LogP contribution is 2.07. The van der Waals surface area contributed by atoms with E-state index in [9.17, 15) is 0 Å². The normalized spacial score (nSPS) is 10.0. The highest BCUT2D eigenvalue weighted by molar-refractivity contribution is 9.24. The second-order valence-corrected chi connectivity index (χ2v) is 3.52. The van der Waals surface area contributed by atoms with Gasteiger partial charge in [0.25, 0.3) is 0 Å². The molecule has 0 amide bonds. The average Bonchev–Trinajstić information content (AvgIpc) is 1.35. The van der Waals surface area contributed by atoms with Gasteiger partial charge in [-0.3, -0.25) is 0 Å². The first kappa shape index (κ1) is 6.92. The van der Waals surface area contributed by atoms with Crippen LogP contribution in [-0.2, 0) is 4.74 Å². The molecule has 0 unspecified atom stereocenters. The molecule has 0 fully saturated rings. The fraction of sp³-hybridized carbons (Fsp3) is 0.667. The Hall–Kier alpha value is 0.920. The van der Waals surface area contributed by atoms with Gasteiger partial charge in [0.1, 0.15) is 0 Å². The van der Waals surface area contributed by atoms with E-state index < -0.39 is 0 Å². The minimum atomic E-state index is -0.0394. The van der Waals surface area contributed by atoms with Gasteiger partial charge in [0.2, 0.25) is 0 Å². The second kappa shape index (κ2) is 4.09. The predicted molar refractivity (Wildman–Crippen MR) is 33.0 cm³/mol. The Morgan fingerprint density at radius 3 is 2.17 bits per heavy atom. The number of halogens is 2. The second-order valence-electron chi connectivity index (χ2n) is 0.631. The van der Waals surface area contributed by atoms with Crippen molar-refractivity contribution in [3.05, 3.63) is 6.92 Å². The molecule has 0 aliphatic heterocycles. The molecule has 0 aromatic heterocycles. The number of hydrogen-bond donors (Lipinski definition) is 0. The van der Waals surface area contributed by atoms with E-state index in [4.69, 9.17) is 4.74 Å². The maximum Gasteiger partial charge on any atom is 0.167 e. The lowest BCUT2D eigenvalue weighted by molar-refractivity contribution is 0.201. The average molecular weight is 217 g/mol. The molecule has 37 valence electrons. The van der Waals surface area contributed by atoms with Gasteiger partial charge in [-0.2, -0.15) is 0 Å². The predicted octanol–water partition coefficient (Wildman–Crippen LogP) is 1.91. The van der Waals surface area contributed by atoms with Crippen molar-refractivity contribution in [3.63, 3.8) is 0 Å². The van der Waals surface area contributed by atoms with E-state index in [1.165, 1.54) is 0 Å². The van der Waals surface area contributed by atoms with E-state index in [1.807, 2.05) is 0 Å². The van der Waals surface area contributed by atoms with Crippen molar-refractivity contribution in [2.24, 2.45) is 0 Å². The van der Waals surface area contributed by atoms with E-state index in [-0.39, 0.29) is 3.92 Å². The molecule has 0 aromatic rings. The van der Waals surface area contributed by atoms with Crippen molar-refractivity contribution >= 4 is 31.9 Å². The van der Waals surface area contributed by atoms with E-state index in [0.717, 1.165) is 0 Å². The lowest BCUT2D eigenvalue weighted by Gasteiger charge is -1.96. The third kappa shape index (κ3) is 4.92. The summed E-state index contributed by atoms with van der Waals surface area (Å²) in [5.41, 5.74) is 0. The molecule has 1 radical (unpaired) electrons. The summed E-state index contributed by atoms with van der Waals surface area (Å²) in [4.78, 5) is 0. The molecule has 0 heterocycles. The van der Waals surface area contributed by atoms with Gasteiger partial charge >= 0.3 is 0 Å². The largest absolute Gasteiger partial charge is 0.356 e. The molecule has 0 atom stereocenters. The van der Waals surface area contributed by atoms with Crippen molar-refractivity contribution in [3.8, 4) is 0 Å². The van der Waals surface area contributed by atoms with Crippen molar-refractivity contribution in [2.75, 3.05) is 6.61 Å². The summed E-state index contributed by atoms with van der Waals surface area (Å²) < 4.78 is 4.72. The van der Waals surface area contributed by atoms with E-state index in [1.54, 1.807) is 0 Å². The van der Waals surface area contributed by atoms with E-state index in [2.05, 4.69) is 38.8 Å². The fourth-order valence-electron chi connectivity index (χ4n) is 0.0891. The van der Waals surface area contributed by atoms with Crippen LogP contribution in [0.4, 0.5) is 0 Å². The molecular weight excluding hydrogens is 212 g/mol. The summed E-state index contributed by atoms with van der Waals surface area (Å²) in [6, 6.07) is 0. The minimum absolute atomic E-state index is 0.0394. The smallest absolute Gasteiger partial charge is 0.167 e. The van der Waals surface area contributed by atoms with E-state index >= 15 is 0 Å². The summed E-state index contributed by atoms with van der Waals surface area (Å²) >= 11 is 6.18. The molecule has 0 saturated carbocycles. The first-order valence-electron chi connectivity index (χ1n) is 1.46. The lowest BCUT2D eigenvalue weighted by atomic mass is 10.9. The van der Waals surface area contributed by atoms with Crippen LogP contribution in [0.15, 0.2) is 0 Å². The van der Waals surface area contributed by atoms with Crippen LogP contribution < -0.4 is 0 Å². The zero-order valence-corrected chi connectivity index (χ0v) is 6.33. The molecule has 0 aliphatic rings. The number of hydrogen-bond acceptors (Lipinski definition) is 1. The Morgan fingerprint density at radius 1 is 1.67 bits per heavy atom. The van der Waals surface area contributed by atoms with Gasteiger partial charge in [-0.1, -0.05) is 0 Å². The van der Waals surface area contributed by atoms with Crippen molar-refractivity contribution in [1.29, 1.82) is 0 Å². The molecule has 6 heavy (non-hydrogen) atoms. The Bertz CT molecular complexity index is 30.0. The summed E-state index contributed by atoms with van der Waals surface area (Å²) in [7, 11) is 0. The van der Waals surface area contributed by atoms with Gasteiger partial charge in [-0.15, -0.1) is 0 Å². The Labute approximate surface area is 54.3 Å². The lowest BCUT2D eigenvalue weighted by Crippen LogP contribution is -1.91. The maximum atomic E-state index is 4.76. The molecule has 0 aromatic carbocycles. The topological polar surface area (TPSA) is 9.23 Å². The van der Waals surface area contributed by atoms with Crippen LogP contribution in [0.1, 0.15) is 0 Å². The van der Waals surface area contributed by atoms with Gasteiger partial charge in [0.05, 0.1) is 0 Å². The molecule has 0 bridgehead atoms. The standard InChI is InChI=1S/C3H5Br2O/c1-2-6-3(4)5/h3H,1-2H2. The zero-order valence-electron chi connectivity index (χ0n) is 3.16. The van der Waals surface area contributed by atoms with Crippen LogP contribution in [0.5, 0.6) is 0 Å². The van der Waals surface area contributed by atoms with Crippen LogP contribution in [0.2, 0.25) is 0 Å². The van der Waals surface area contributed by atoms with Gasteiger partial charge in [-0.25, -0.2) is 0 Å². The van der Waals surface area contributed by atoms with Crippen LogP contribution in [0.25, 0.3) is 0 Å². The van der Waals surface area contributed by atoms with Crippen LogP contribution in [0.3, 0.4) is 0 Å². The summed E-state index contributed by atoms with van der Waals surface area (Å²) in [5.74, 6) is 0. The summed E-state index contributed by atoms with van der Waals surface area (Å²) in [6.07, 6.45) is 0. The van der Waals surface area contributed by atoms with Gasteiger partial charge < -0.3 is 4.74 Å². The molecule has 0 rings (SSSR count). The number of ether oxygens (including phenoxy) is 1. The highest BCUT2D eigenvalue weighted by atomic mass is 79.9. The molecule has 0 N–H and O–H groups in total.